The molecule has 0 aliphatic carbocycles. The Bertz CT molecular complexity index is 860. The van der Waals surface area contributed by atoms with Crippen LogP contribution in [0.15, 0.2) is 40.6 Å². The minimum Gasteiger partial charge on any atom is -0.404 e. The number of nitrogens with zero attached hydrogens (tertiary/aromatic N) is 3. The van der Waals surface area contributed by atoms with Crippen LogP contribution in [-0.2, 0) is 0 Å². The van der Waals surface area contributed by atoms with Crippen molar-refractivity contribution in [2.75, 3.05) is 0 Å². The zero-order valence-electron chi connectivity index (χ0n) is 16.1. The van der Waals surface area contributed by atoms with Gasteiger partial charge in [-0.05, 0) is 39.3 Å². The molecule has 2 aromatic rings. The van der Waals surface area contributed by atoms with Crippen molar-refractivity contribution in [3.8, 4) is 0 Å². The summed E-state index contributed by atoms with van der Waals surface area (Å²) >= 11 is 0. The summed E-state index contributed by atoms with van der Waals surface area (Å²) in [5.41, 5.74) is 8.24. The molecule has 7 heteroatoms. The highest BCUT2D eigenvalue weighted by Crippen LogP contribution is 2.26. The first-order valence-corrected chi connectivity index (χ1v) is 8.89. The second-order valence-corrected chi connectivity index (χ2v) is 6.36. The van der Waals surface area contributed by atoms with E-state index in [1.54, 1.807) is 6.92 Å². The number of aliphatic imine (C=N–C) groups is 2. The number of aromatic amines is 1. The summed E-state index contributed by atoms with van der Waals surface area (Å²) in [6.07, 6.45) is 4.92. The molecule has 1 aromatic heterocycles. The molecule has 1 atom stereocenters. The van der Waals surface area contributed by atoms with Gasteiger partial charge in [-0.1, -0.05) is 19.4 Å². The first kappa shape index (κ1) is 20.5. The standard InChI is InChI=1S/C20H25F2N5/c1-5-7-12(2)25-13(3)15(10-23)20-18(11-24-27-20)26-14(4)19-16(21)8-6-9-17(19)22/h6,8-12H,5,7,23H2,1-4H3,(H,24,27)/b15-10+,25-13?,26-14?. The van der Waals surface area contributed by atoms with Crippen LogP contribution < -0.4 is 5.73 Å². The van der Waals surface area contributed by atoms with Gasteiger partial charge in [0.1, 0.15) is 17.3 Å². The summed E-state index contributed by atoms with van der Waals surface area (Å²) < 4.78 is 28.0. The minimum absolute atomic E-state index is 0.161. The lowest BCUT2D eigenvalue weighted by Gasteiger charge is -2.10. The third-order valence-electron chi connectivity index (χ3n) is 4.18. The number of rotatable bonds is 7. The Kier molecular flexibility index (Phi) is 6.98. The lowest BCUT2D eigenvalue weighted by atomic mass is 10.1. The predicted molar refractivity (Wildman–Crippen MR) is 106 cm³/mol. The molecule has 3 N–H and O–H groups in total. The number of allylic oxidation sites excluding steroid dienone is 1. The van der Waals surface area contributed by atoms with Gasteiger partial charge in [-0.15, -0.1) is 0 Å². The monoisotopic (exact) mass is 373 g/mol. The maximum absolute atomic E-state index is 14.0. The van der Waals surface area contributed by atoms with E-state index < -0.39 is 11.6 Å². The quantitative estimate of drug-likeness (QED) is 0.685. The van der Waals surface area contributed by atoms with Gasteiger partial charge in [0.15, 0.2) is 0 Å². The molecule has 0 bridgehead atoms. The molecule has 0 saturated heterocycles. The van der Waals surface area contributed by atoms with E-state index in [1.807, 2.05) is 13.8 Å². The summed E-state index contributed by atoms with van der Waals surface area (Å²) in [6, 6.07) is 3.88. The largest absolute Gasteiger partial charge is 0.404 e. The summed E-state index contributed by atoms with van der Waals surface area (Å²) in [4.78, 5) is 9.02. The number of nitrogens with one attached hydrogen (secondary N) is 1. The molecule has 0 aliphatic heterocycles. The highest BCUT2D eigenvalue weighted by molar-refractivity contribution is 6.23. The van der Waals surface area contributed by atoms with E-state index in [1.165, 1.54) is 30.6 Å². The van der Waals surface area contributed by atoms with Crippen molar-refractivity contribution in [2.45, 2.75) is 46.6 Å². The maximum atomic E-state index is 14.0. The van der Waals surface area contributed by atoms with Crippen molar-refractivity contribution in [1.82, 2.24) is 10.2 Å². The second-order valence-electron chi connectivity index (χ2n) is 6.36. The molecule has 2 rings (SSSR count). The van der Waals surface area contributed by atoms with E-state index in [4.69, 9.17) is 5.73 Å². The number of H-pyrrole nitrogens is 1. The average Bonchev–Trinajstić information content (AvgIpc) is 3.03. The zero-order valence-corrected chi connectivity index (χ0v) is 16.1. The summed E-state index contributed by atoms with van der Waals surface area (Å²) in [6.45, 7) is 7.56. The van der Waals surface area contributed by atoms with Crippen LogP contribution in [0.5, 0.6) is 0 Å². The van der Waals surface area contributed by atoms with Crippen LogP contribution in [0.25, 0.3) is 5.57 Å². The first-order valence-electron chi connectivity index (χ1n) is 8.89. The van der Waals surface area contributed by atoms with E-state index in [0.29, 0.717) is 17.0 Å². The van der Waals surface area contributed by atoms with Crippen LogP contribution in [0.3, 0.4) is 0 Å². The Morgan fingerprint density at radius 1 is 1.30 bits per heavy atom. The van der Waals surface area contributed by atoms with Crippen LogP contribution >= 0.6 is 0 Å². The van der Waals surface area contributed by atoms with Gasteiger partial charge >= 0.3 is 0 Å². The topological polar surface area (TPSA) is 79.4 Å². The molecule has 1 aromatic carbocycles. The Balaban J connectivity index is 2.42. The third-order valence-corrected chi connectivity index (χ3v) is 4.18. The van der Waals surface area contributed by atoms with Crippen molar-refractivity contribution in [3.05, 3.63) is 53.5 Å². The van der Waals surface area contributed by atoms with Crippen LogP contribution in [0.1, 0.15) is 51.8 Å². The Hall–Kier alpha value is -2.83. The number of halogens is 2. The fraction of sp³-hybridized carbons (Fsp3) is 0.350. The fourth-order valence-corrected chi connectivity index (χ4v) is 2.91. The van der Waals surface area contributed by atoms with Crippen molar-refractivity contribution in [2.24, 2.45) is 15.7 Å². The number of nitrogens with two attached hydrogens (primary N) is 1. The van der Waals surface area contributed by atoms with Gasteiger partial charge < -0.3 is 5.73 Å². The van der Waals surface area contributed by atoms with E-state index in [-0.39, 0.29) is 17.3 Å². The van der Waals surface area contributed by atoms with Gasteiger partial charge in [0.2, 0.25) is 0 Å². The van der Waals surface area contributed by atoms with Crippen LogP contribution in [0.2, 0.25) is 0 Å². The Labute approximate surface area is 158 Å². The molecular formula is C20H25F2N5. The molecule has 27 heavy (non-hydrogen) atoms. The maximum Gasteiger partial charge on any atom is 0.135 e. The summed E-state index contributed by atoms with van der Waals surface area (Å²) in [7, 11) is 0. The van der Waals surface area contributed by atoms with Crippen molar-refractivity contribution in [3.63, 3.8) is 0 Å². The zero-order chi connectivity index (χ0) is 20.0. The van der Waals surface area contributed by atoms with Crippen LogP contribution in [-0.4, -0.2) is 27.7 Å². The molecular weight excluding hydrogens is 348 g/mol. The van der Waals surface area contributed by atoms with Gasteiger partial charge in [0.05, 0.1) is 23.2 Å². The van der Waals surface area contributed by atoms with Crippen molar-refractivity contribution < 1.29 is 8.78 Å². The van der Waals surface area contributed by atoms with E-state index in [9.17, 15) is 8.78 Å². The van der Waals surface area contributed by atoms with Gasteiger partial charge in [-0.25, -0.2) is 13.8 Å². The molecule has 5 nitrogen and oxygen atoms in total. The highest BCUT2D eigenvalue weighted by Gasteiger charge is 2.16. The molecule has 0 amide bonds. The first-order chi connectivity index (χ1) is 12.9. The van der Waals surface area contributed by atoms with Gasteiger partial charge in [-0.2, -0.15) is 5.10 Å². The smallest absolute Gasteiger partial charge is 0.135 e. The van der Waals surface area contributed by atoms with Crippen molar-refractivity contribution in [1.29, 1.82) is 0 Å². The lowest BCUT2D eigenvalue weighted by molar-refractivity contribution is 0.579. The lowest BCUT2D eigenvalue weighted by Crippen LogP contribution is -2.07. The fourth-order valence-electron chi connectivity index (χ4n) is 2.91. The minimum atomic E-state index is -0.665. The van der Waals surface area contributed by atoms with Gasteiger partial charge in [0, 0.05) is 23.5 Å². The normalized spacial score (nSPS) is 14.5. The predicted octanol–water partition coefficient (Wildman–Crippen LogP) is 4.78. The van der Waals surface area contributed by atoms with Crippen LogP contribution in [0, 0.1) is 11.6 Å². The van der Waals surface area contributed by atoms with Gasteiger partial charge in [-0.3, -0.25) is 10.1 Å². The molecule has 0 fully saturated rings. The molecule has 0 spiro atoms. The highest BCUT2D eigenvalue weighted by atomic mass is 19.1. The molecule has 0 saturated carbocycles. The number of aromatic nitrogens is 2. The third kappa shape index (κ3) is 4.87. The number of hydrogen-bond donors (Lipinski definition) is 2. The van der Waals surface area contributed by atoms with Crippen molar-refractivity contribution >= 4 is 22.7 Å². The summed E-state index contributed by atoms with van der Waals surface area (Å²) in [5.74, 6) is -1.33. The molecule has 0 radical (unpaired) electrons. The molecule has 1 heterocycles. The summed E-state index contributed by atoms with van der Waals surface area (Å²) in [5, 5.41) is 6.86. The number of benzene rings is 1. The van der Waals surface area contributed by atoms with Gasteiger partial charge in [0.25, 0.3) is 0 Å². The Morgan fingerprint density at radius 2 is 1.96 bits per heavy atom. The Morgan fingerprint density at radius 3 is 2.56 bits per heavy atom. The van der Waals surface area contributed by atoms with E-state index in [0.717, 1.165) is 18.6 Å². The van der Waals surface area contributed by atoms with Crippen LogP contribution in [0.4, 0.5) is 14.5 Å². The molecule has 144 valence electrons. The second kappa shape index (κ2) is 9.21. The SMILES string of the molecule is CCCC(C)N=C(C)/C(=C\N)c1[nH]ncc1N=C(C)c1c(F)cccc1F. The average molecular weight is 373 g/mol. The van der Waals surface area contributed by atoms with E-state index in [2.05, 4.69) is 27.1 Å². The number of hydrogen-bond acceptors (Lipinski definition) is 4. The van der Waals surface area contributed by atoms with E-state index >= 15 is 0 Å². The molecule has 1 unspecified atom stereocenters. The molecule has 0 aliphatic rings.